The summed E-state index contributed by atoms with van der Waals surface area (Å²) >= 11 is 1.74. The molecule has 0 aliphatic carbocycles. The van der Waals surface area contributed by atoms with Crippen molar-refractivity contribution in [3.63, 3.8) is 0 Å². The quantitative estimate of drug-likeness (QED) is 0.686. The van der Waals surface area contributed by atoms with Crippen LogP contribution in [0.4, 0.5) is 0 Å². The average molecular weight is 402 g/mol. The van der Waals surface area contributed by atoms with Gasteiger partial charge in [-0.05, 0) is 30.2 Å². The van der Waals surface area contributed by atoms with Gasteiger partial charge in [0, 0.05) is 24.6 Å². The summed E-state index contributed by atoms with van der Waals surface area (Å²) in [5.41, 5.74) is 2.28. The third kappa shape index (κ3) is 5.74. The van der Waals surface area contributed by atoms with E-state index in [-0.39, 0.29) is 18.6 Å². The molecule has 28 heavy (non-hydrogen) atoms. The number of carbonyl (C=O) groups is 1. The molecule has 0 radical (unpaired) electrons. The summed E-state index contributed by atoms with van der Waals surface area (Å²) in [6.07, 6.45) is -0.672. The predicted molar refractivity (Wildman–Crippen MR) is 113 cm³/mol. The molecule has 1 N–H and O–H groups in total. The summed E-state index contributed by atoms with van der Waals surface area (Å²) in [5.74, 6) is 2.16. The van der Waals surface area contributed by atoms with Crippen LogP contribution in [0.2, 0.25) is 0 Å². The fourth-order valence-electron chi connectivity index (χ4n) is 3.20. The Labute approximate surface area is 170 Å². The van der Waals surface area contributed by atoms with E-state index < -0.39 is 6.10 Å². The molecule has 2 aromatic carbocycles. The van der Waals surface area contributed by atoms with Crippen molar-refractivity contribution >= 4 is 17.7 Å². The molecule has 0 amide bonds. The van der Waals surface area contributed by atoms with Gasteiger partial charge in [-0.1, -0.05) is 42.5 Å². The predicted octanol–water partition coefficient (Wildman–Crippen LogP) is 3.07. The van der Waals surface area contributed by atoms with Crippen LogP contribution in [-0.4, -0.2) is 65.9 Å². The lowest BCUT2D eigenvalue weighted by Crippen LogP contribution is -2.51. The smallest absolute Gasteiger partial charge is 0.324 e. The van der Waals surface area contributed by atoms with Crippen LogP contribution in [0.1, 0.15) is 6.92 Å². The molecule has 3 rings (SSSR count). The van der Waals surface area contributed by atoms with Crippen molar-refractivity contribution in [1.29, 1.82) is 0 Å². The number of benzene rings is 2. The van der Waals surface area contributed by atoms with Crippen molar-refractivity contribution < 1.29 is 19.4 Å². The molecule has 1 saturated heterocycles. The topological polar surface area (TPSA) is 59.0 Å². The van der Waals surface area contributed by atoms with E-state index in [1.54, 1.807) is 11.8 Å². The number of rotatable bonds is 8. The van der Waals surface area contributed by atoms with Crippen molar-refractivity contribution in [3.05, 3.63) is 54.6 Å². The van der Waals surface area contributed by atoms with Gasteiger partial charge in [0.15, 0.2) is 0 Å². The highest BCUT2D eigenvalue weighted by Gasteiger charge is 2.31. The van der Waals surface area contributed by atoms with Crippen molar-refractivity contribution in [2.75, 3.05) is 37.8 Å². The van der Waals surface area contributed by atoms with Gasteiger partial charge in [-0.15, -0.1) is 0 Å². The first-order chi connectivity index (χ1) is 13.7. The van der Waals surface area contributed by atoms with E-state index in [0.29, 0.717) is 18.9 Å². The number of aliphatic hydroxyl groups excluding tert-OH is 1. The van der Waals surface area contributed by atoms with E-state index in [4.69, 9.17) is 9.47 Å². The van der Waals surface area contributed by atoms with Crippen LogP contribution in [0.3, 0.4) is 0 Å². The number of hydrogen-bond donors (Lipinski definition) is 1. The van der Waals surface area contributed by atoms with E-state index in [9.17, 15) is 9.90 Å². The molecule has 1 heterocycles. The summed E-state index contributed by atoms with van der Waals surface area (Å²) in [5, 5.41) is 10.4. The largest absolute Gasteiger partial charge is 0.491 e. The first-order valence-corrected chi connectivity index (χ1v) is 10.8. The lowest BCUT2D eigenvalue weighted by atomic mass is 10.1. The van der Waals surface area contributed by atoms with E-state index in [1.807, 2.05) is 54.3 Å². The molecular weight excluding hydrogens is 374 g/mol. The maximum Gasteiger partial charge on any atom is 0.324 e. The Morgan fingerprint density at radius 3 is 2.61 bits per heavy atom. The second-order valence-electron chi connectivity index (χ2n) is 6.69. The molecule has 6 heteroatoms. The second kappa shape index (κ2) is 10.5. The number of thioether (sulfide) groups is 1. The Morgan fingerprint density at radius 2 is 1.89 bits per heavy atom. The third-order valence-electron chi connectivity index (χ3n) is 4.65. The first kappa shape index (κ1) is 20.7. The molecule has 150 valence electrons. The van der Waals surface area contributed by atoms with Gasteiger partial charge in [-0.3, -0.25) is 9.69 Å². The molecule has 5 nitrogen and oxygen atoms in total. The fraction of sp³-hybridized carbons (Fsp3) is 0.409. The minimum atomic E-state index is -0.672. The van der Waals surface area contributed by atoms with Crippen LogP contribution in [0.15, 0.2) is 54.6 Å². The van der Waals surface area contributed by atoms with Crippen LogP contribution in [-0.2, 0) is 9.53 Å². The molecule has 0 saturated carbocycles. The molecule has 2 atom stereocenters. The molecule has 1 fully saturated rings. The normalized spacial score (nSPS) is 18.4. The zero-order chi connectivity index (χ0) is 19.8. The summed E-state index contributed by atoms with van der Waals surface area (Å²) < 4.78 is 10.9. The van der Waals surface area contributed by atoms with Gasteiger partial charge in [-0.2, -0.15) is 11.8 Å². The van der Waals surface area contributed by atoms with Crippen molar-refractivity contribution in [3.8, 4) is 16.9 Å². The van der Waals surface area contributed by atoms with E-state index in [0.717, 1.165) is 29.2 Å². The van der Waals surface area contributed by atoms with E-state index >= 15 is 0 Å². The highest BCUT2D eigenvalue weighted by molar-refractivity contribution is 7.99. The van der Waals surface area contributed by atoms with Crippen LogP contribution in [0.5, 0.6) is 5.75 Å². The number of β-amino-alcohol motifs (C(OH)–C–C–N with tert-alkyl or cyclic N) is 1. The summed E-state index contributed by atoms with van der Waals surface area (Å²) in [7, 11) is 0. The Balaban J connectivity index is 1.50. The molecule has 2 unspecified atom stereocenters. The maximum atomic E-state index is 12.1. The SMILES string of the molecule is CCOC(=O)C1CSCCN1CC(O)COc1ccc(-c2ccccc2)cc1. The van der Waals surface area contributed by atoms with Crippen LogP contribution in [0, 0.1) is 0 Å². The molecule has 1 aliphatic rings. The zero-order valence-electron chi connectivity index (χ0n) is 16.1. The minimum absolute atomic E-state index is 0.184. The molecule has 0 spiro atoms. The molecule has 2 aromatic rings. The van der Waals surface area contributed by atoms with Crippen LogP contribution >= 0.6 is 11.8 Å². The lowest BCUT2D eigenvalue weighted by Gasteiger charge is -2.34. The monoisotopic (exact) mass is 401 g/mol. The number of aliphatic hydroxyl groups is 1. The fourth-order valence-corrected chi connectivity index (χ4v) is 4.30. The van der Waals surface area contributed by atoms with Crippen molar-refractivity contribution in [2.45, 2.75) is 19.1 Å². The minimum Gasteiger partial charge on any atom is -0.491 e. The number of nitrogens with zero attached hydrogens (tertiary/aromatic N) is 1. The molecule has 0 bridgehead atoms. The summed E-state index contributed by atoms with van der Waals surface area (Å²) in [4.78, 5) is 14.1. The van der Waals surface area contributed by atoms with Crippen molar-refractivity contribution in [1.82, 2.24) is 4.90 Å². The van der Waals surface area contributed by atoms with Gasteiger partial charge >= 0.3 is 5.97 Å². The maximum absolute atomic E-state index is 12.1. The Hall–Kier alpha value is -2.02. The molecular formula is C22H27NO4S. The first-order valence-electron chi connectivity index (χ1n) is 9.62. The average Bonchev–Trinajstić information content (AvgIpc) is 2.74. The summed E-state index contributed by atoms with van der Waals surface area (Å²) in [6.45, 7) is 3.52. The molecule has 1 aliphatic heterocycles. The van der Waals surface area contributed by atoms with Gasteiger partial charge in [0.2, 0.25) is 0 Å². The van der Waals surface area contributed by atoms with Gasteiger partial charge in [0.05, 0.1) is 6.61 Å². The van der Waals surface area contributed by atoms with Crippen LogP contribution in [0.25, 0.3) is 11.1 Å². The number of carbonyl (C=O) groups excluding carboxylic acids is 1. The summed E-state index contributed by atoms with van der Waals surface area (Å²) in [6, 6.07) is 17.7. The van der Waals surface area contributed by atoms with Gasteiger partial charge in [-0.25, -0.2) is 0 Å². The van der Waals surface area contributed by atoms with Gasteiger partial charge in [0.1, 0.15) is 24.5 Å². The van der Waals surface area contributed by atoms with Gasteiger partial charge < -0.3 is 14.6 Å². The third-order valence-corrected chi connectivity index (χ3v) is 5.67. The lowest BCUT2D eigenvalue weighted by molar-refractivity contribution is -0.149. The van der Waals surface area contributed by atoms with E-state index in [2.05, 4.69) is 12.1 Å². The number of esters is 1. The van der Waals surface area contributed by atoms with E-state index in [1.165, 1.54) is 0 Å². The second-order valence-corrected chi connectivity index (χ2v) is 7.84. The highest BCUT2D eigenvalue weighted by atomic mass is 32.2. The number of ether oxygens (including phenoxy) is 2. The number of hydrogen-bond acceptors (Lipinski definition) is 6. The Morgan fingerprint density at radius 1 is 1.18 bits per heavy atom. The zero-order valence-corrected chi connectivity index (χ0v) is 16.9. The van der Waals surface area contributed by atoms with Crippen LogP contribution < -0.4 is 4.74 Å². The van der Waals surface area contributed by atoms with Gasteiger partial charge in [0.25, 0.3) is 0 Å². The van der Waals surface area contributed by atoms with Crippen molar-refractivity contribution in [2.24, 2.45) is 0 Å². The highest BCUT2D eigenvalue weighted by Crippen LogP contribution is 2.22. The standard InChI is InChI=1S/C22H27NO4S/c1-2-26-22(25)21-16-28-13-12-23(21)14-19(24)15-27-20-10-8-18(9-11-20)17-6-4-3-5-7-17/h3-11,19,21,24H,2,12-16H2,1H3. The Kier molecular flexibility index (Phi) is 7.77. The Bertz CT molecular complexity index is 738. The molecule has 0 aromatic heterocycles.